The fourth-order valence-electron chi connectivity index (χ4n) is 3.41. The van der Waals surface area contributed by atoms with Crippen molar-refractivity contribution in [3.05, 3.63) is 71.8 Å². The van der Waals surface area contributed by atoms with Crippen LogP contribution in [0.5, 0.6) is 0 Å². The number of nitrogens with one attached hydrogen (secondary N) is 1. The first kappa shape index (κ1) is 17.2. The van der Waals surface area contributed by atoms with Crippen molar-refractivity contribution in [2.24, 2.45) is 5.73 Å². The predicted octanol–water partition coefficient (Wildman–Crippen LogP) is 2.72. The molecule has 25 heavy (non-hydrogen) atoms. The van der Waals surface area contributed by atoms with Crippen LogP contribution in [0.1, 0.15) is 30.5 Å². The highest BCUT2D eigenvalue weighted by atomic mass is 16.6. The number of amidine groups is 1. The van der Waals surface area contributed by atoms with E-state index < -0.39 is 11.6 Å². The van der Waals surface area contributed by atoms with Crippen molar-refractivity contribution in [2.75, 3.05) is 13.1 Å². The lowest BCUT2D eigenvalue weighted by atomic mass is 9.88. The van der Waals surface area contributed by atoms with Crippen molar-refractivity contribution >= 4 is 11.8 Å². The third-order valence-corrected chi connectivity index (χ3v) is 4.37. The van der Waals surface area contributed by atoms with Crippen LogP contribution < -0.4 is 5.73 Å². The molecule has 3 rings (SSSR count). The Hall–Kier alpha value is -2.66. The maximum absolute atomic E-state index is 11.8. The first-order valence-corrected chi connectivity index (χ1v) is 8.35. The summed E-state index contributed by atoms with van der Waals surface area (Å²) in [4.78, 5) is 14.1. The Bertz CT molecular complexity index is 701. The van der Waals surface area contributed by atoms with Gasteiger partial charge < -0.3 is 10.5 Å². The molecule has 0 atom stereocenters. The molecule has 5 heteroatoms. The molecule has 0 saturated carbocycles. The minimum absolute atomic E-state index is 0.127. The van der Waals surface area contributed by atoms with Crippen molar-refractivity contribution in [1.29, 1.82) is 5.41 Å². The van der Waals surface area contributed by atoms with Gasteiger partial charge in [-0.3, -0.25) is 15.1 Å². The van der Waals surface area contributed by atoms with E-state index in [4.69, 9.17) is 15.9 Å². The number of carbonyl (C=O) groups excluding carboxylic acids is 1. The first-order chi connectivity index (χ1) is 12.0. The average Bonchev–Trinajstić information content (AvgIpc) is 2.55. The molecule has 0 radical (unpaired) electrons. The maximum Gasteiger partial charge on any atom is 0.314 e. The quantitative estimate of drug-likeness (QED) is 0.482. The van der Waals surface area contributed by atoms with Crippen LogP contribution >= 0.6 is 0 Å². The second-order valence-corrected chi connectivity index (χ2v) is 6.75. The van der Waals surface area contributed by atoms with Crippen LogP contribution in [0.15, 0.2) is 60.7 Å². The molecule has 1 aliphatic rings. The Morgan fingerprint density at radius 1 is 1.12 bits per heavy atom. The van der Waals surface area contributed by atoms with E-state index in [2.05, 4.69) is 29.2 Å². The normalized spacial score (nSPS) is 16.2. The van der Waals surface area contributed by atoms with Gasteiger partial charge in [0.05, 0.1) is 6.04 Å². The number of ether oxygens (including phenoxy) is 1. The van der Waals surface area contributed by atoms with Crippen LogP contribution in [0.2, 0.25) is 0 Å². The van der Waals surface area contributed by atoms with Gasteiger partial charge in [-0.25, -0.2) is 0 Å². The summed E-state index contributed by atoms with van der Waals surface area (Å²) in [5.74, 6) is -0.609. The van der Waals surface area contributed by atoms with Crippen LogP contribution in [-0.2, 0) is 9.53 Å². The zero-order valence-corrected chi connectivity index (χ0v) is 14.3. The summed E-state index contributed by atoms with van der Waals surface area (Å²) < 4.78 is 5.54. The molecular weight excluding hydrogens is 314 g/mol. The van der Waals surface area contributed by atoms with E-state index in [1.807, 2.05) is 43.3 Å². The van der Waals surface area contributed by atoms with Gasteiger partial charge in [-0.05, 0) is 18.1 Å². The van der Waals surface area contributed by atoms with Gasteiger partial charge in [0.25, 0.3) is 0 Å². The molecule has 5 nitrogen and oxygen atoms in total. The molecule has 2 aromatic rings. The molecule has 1 fully saturated rings. The van der Waals surface area contributed by atoms with Gasteiger partial charge in [0.1, 0.15) is 17.9 Å². The molecule has 0 aromatic heterocycles. The van der Waals surface area contributed by atoms with Gasteiger partial charge >= 0.3 is 5.97 Å². The van der Waals surface area contributed by atoms with Crippen molar-refractivity contribution in [3.63, 3.8) is 0 Å². The highest BCUT2D eigenvalue weighted by Crippen LogP contribution is 2.37. The molecule has 1 saturated heterocycles. The SMILES string of the molecule is CC1(OC(=O)CC(=N)N)CN(C(c2ccccc2)c2ccccc2)C1. The first-order valence-electron chi connectivity index (χ1n) is 8.35. The lowest BCUT2D eigenvalue weighted by Gasteiger charge is -2.50. The molecule has 3 N–H and O–H groups in total. The highest BCUT2D eigenvalue weighted by Gasteiger charge is 2.45. The standard InChI is InChI=1S/C20H23N3O2/c1-20(25-18(24)12-17(21)22)13-23(14-20)19(15-8-4-2-5-9-15)16-10-6-3-7-11-16/h2-11,19H,12-14H2,1H3,(H3,21,22). The van der Waals surface area contributed by atoms with Crippen LogP contribution in [-0.4, -0.2) is 35.4 Å². The molecular formula is C20H23N3O2. The van der Waals surface area contributed by atoms with Gasteiger partial charge in [0.15, 0.2) is 0 Å². The number of nitrogens with two attached hydrogens (primary N) is 1. The lowest BCUT2D eigenvalue weighted by molar-refractivity contribution is -0.177. The monoisotopic (exact) mass is 337 g/mol. The summed E-state index contributed by atoms with van der Waals surface area (Å²) >= 11 is 0. The Morgan fingerprint density at radius 2 is 1.60 bits per heavy atom. The minimum atomic E-state index is -0.533. The van der Waals surface area contributed by atoms with Gasteiger partial charge in [-0.1, -0.05) is 60.7 Å². The number of carbonyl (C=O) groups is 1. The fraction of sp³-hybridized carbons (Fsp3) is 0.300. The Morgan fingerprint density at radius 3 is 2.04 bits per heavy atom. The third kappa shape index (κ3) is 4.06. The molecule has 0 unspecified atom stereocenters. The summed E-state index contributed by atoms with van der Waals surface area (Å²) in [5, 5.41) is 7.21. The summed E-state index contributed by atoms with van der Waals surface area (Å²) in [6.45, 7) is 3.21. The molecule has 0 spiro atoms. The number of rotatable bonds is 6. The Kier molecular flexibility index (Phi) is 4.86. The molecule has 0 aliphatic carbocycles. The predicted molar refractivity (Wildman–Crippen MR) is 97.3 cm³/mol. The summed E-state index contributed by atoms with van der Waals surface area (Å²) in [6, 6.07) is 20.8. The Balaban J connectivity index is 1.74. The summed E-state index contributed by atoms with van der Waals surface area (Å²) in [7, 11) is 0. The molecule has 1 heterocycles. The van der Waals surface area contributed by atoms with Crippen molar-refractivity contribution in [1.82, 2.24) is 4.90 Å². The molecule has 0 bridgehead atoms. The van der Waals surface area contributed by atoms with E-state index >= 15 is 0 Å². The van der Waals surface area contributed by atoms with Gasteiger partial charge in [-0.15, -0.1) is 0 Å². The number of esters is 1. The maximum atomic E-state index is 11.8. The van der Waals surface area contributed by atoms with E-state index in [9.17, 15) is 4.79 Å². The van der Waals surface area contributed by atoms with E-state index in [1.165, 1.54) is 11.1 Å². The molecule has 1 aliphatic heterocycles. The van der Waals surface area contributed by atoms with Gasteiger partial charge in [0.2, 0.25) is 0 Å². The number of benzene rings is 2. The van der Waals surface area contributed by atoms with Crippen molar-refractivity contribution in [2.45, 2.75) is 25.0 Å². The van der Waals surface area contributed by atoms with E-state index in [-0.39, 0.29) is 18.3 Å². The number of likely N-dealkylation sites (tertiary alicyclic amines) is 1. The zero-order valence-electron chi connectivity index (χ0n) is 14.3. The van der Waals surface area contributed by atoms with Crippen molar-refractivity contribution in [3.8, 4) is 0 Å². The summed E-state index contributed by atoms with van der Waals surface area (Å²) in [6.07, 6.45) is -0.156. The highest BCUT2D eigenvalue weighted by molar-refractivity contribution is 5.95. The second kappa shape index (κ2) is 7.07. The van der Waals surface area contributed by atoms with Crippen LogP contribution in [0.3, 0.4) is 0 Å². The molecule has 130 valence electrons. The average molecular weight is 337 g/mol. The summed E-state index contributed by atoms with van der Waals surface area (Å²) in [5.41, 5.74) is 7.17. The second-order valence-electron chi connectivity index (χ2n) is 6.75. The third-order valence-electron chi connectivity index (χ3n) is 4.37. The lowest BCUT2D eigenvalue weighted by Crippen LogP contribution is -2.62. The topological polar surface area (TPSA) is 79.4 Å². The largest absolute Gasteiger partial charge is 0.456 e. The molecule has 0 amide bonds. The van der Waals surface area contributed by atoms with Crippen LogP contribution in [0, 0.1) is 5.41 Å². The number of hydrogen-bond acceptors (Lipinski definition) is 4. The van der Waals surface area contributed by atoms with Gasteiger partial charge in [0, 0.05) is 13.1 Å². The van der Waals surface area contributed by atoms with Crippen molar-refractivity contribution < 1.29 is 9.53 Å². The van der Waals surface area contributed by atoms with Crippen LogP contribution in [0.4, 0.5) is 0 Å². The van der Waals surface area contributed by atoms with Gasteiger partial charge in [-0.2, -0.15) is 0 Å². The minimum Gasteiger partial charge on any atom is -0.456 e. The van der Waals surface area contributed by atoms with E-state index in [1.54, 1.807) is 0 Å². The van der Waals surface area contributed by atoms with E-state index in [0.717, 1.165) is 0 Å². The van der Waals surface area contributed by atoms with E-state index in [0.29, 0.717) is 13.1 Å². The van der Waals surface area contributed by atoms with Crippen LogP contribution in [0.25, 0.3) is 0 Å². The Labute approximate surface area is 147 Å². The smallest absolute Gasteiger partial charge is 0.314 e. The number of nitrogens with zero attached hydrogens (tertiary/aromatic N) is 1. The molecule has 2 aromatic carbocycles. The number of hydrogen-bond donors (Lipinski definition) is 2. The fourth-order valence-corrected chi connectivity index (χ4v) is 3.41. The zero-order chi connectivity index (χ0) is 17.9.